The van der Waals surface area contributed by atoms with Gasteiger partial charge >= 0.3 is 0 Å². The summed E-state index contributed by atoms with van der Waals surface area (Å²) in [5.74, 6) is -2.08. The van der Waals surface area contributed by atoms with Gasteiger partial charge in [-0.2, -0.15) is 0 Å². The predicted octanol–water partition coefficient (Wildman–Crippen LogP) is 4.63. The van der Waals surface area contributed by atoms with E-state index >= 15 is 0 Å². The van der Waals surface area contributed by atoms with Gasteiger partial charge in [0.05, 0.1) is 10.6 Å². The Kier molecular flexibility index (Phi) is 4.17. The summed E-state index contributed by atoms with van der Waals surface area (Å²) in [5.41, 5.74) is 0.235. The van der Waals surface area contributed by atoms with E-state index in [4.69, 9.17) is 11.6 Å². The summed E-state index contributed by atoms with van der Waals surface area (Å²) in [6, 6.07) is 7.59. The smallest absolute Gasteiger partial charge is 0.257 e. The minimum absolute atomic E-state index is 0.0264. The molecule has 19 heavy (non-hydrogen) atoms. The first-order chi connectivity index (χ1) is 8.97. The van der Waals surface area contributed by atoms with Gasteiger partial charge in [0, 0.05) is 16.2 Å². The van der Waals surface area contributed by atoms with E-state index in [1.807, 2.05) is 0 Å². The Morgan fingerprint density at radius 3 is 2.42 bits per heavy atom. The van der Waals surface area contributed by atoms with Gasteiger partial charge in [-0.1, -0.05) is 17.7 Å². The van der Waals surface area contributed by atoms with E-state index in [0.717, 1.165) is 18.2 Å². The quantitative estimate of drug-likeness (QED) is 0.844. The number of carbonyl (C=O) groups is 1. The van der Waals surface area contributed by atoms with Crippen LogP contribution >= 0.6 is 27.5 Å². The van der Waals surface area contributed by atoms with Gasteiger partial charge in [0.1, 0.15) is 11.6 Å². The zero-order chi connectivity index (χ0) is 14.0. The van der Waals surface area contributed by atoms with Crippen LogP contribution in [0.3, 0.4) is 0 Å². The Bertz CT molecular complexity index is 628. The maximum absolute atomic E-state index is 13.0. The second-order valence-electron chi connectivity index (χ2n) is 3.71. The molecule has 2 aromatic rings. The van der Waals surface area contributed by atoms with Crippen molar-refractivity contribution in [3.8, 4) is 0 Å². The molecule has 98 valence electrons. The average molecular weight is 347 g/mol. The SMILES string of the molecule is O=C(Nc1cc(F)cc(F)c1)c1cccc(Br)c1Cl. The molecule has 0 saturated heterocycles. The van der Waals surface area contributed by atoms with Crippen molar-refractivity contribution in [2.24, 2.45) is 0 Å². The molecular weight excluding hydrogens is 340 g/mol. The second-order valence-corrected chi connectivity index (χ2v) is 4.95. The zero-order valence-electron chi connectivity index (χ0n) is 9.38. The summed E-state index contributed by atoms with van der Waals surface area (Å²) in [4.78, 5) is 11.9. The molecule has 0 spiro atoms. The lowest BCUT2D eigenvalue weighted by Crippen LogP contribution is -2.13. The third kappa shape index (κ3) is 3.30. The van der Waals surface area contributed by atoms with Crippen LogP contribution in [0.25, 0.3) is 0 Å². The van der Waals surface area contributed by atoms with Crippen LogP contribution in [0, 0.1) is 11.6 Å². The van der Waals surface area contributed by atoms with Crippen LogP contribution in [0.4, 0.5) is 14.5 Å². The summed E-state index contributed by atoms with van der Waals surface area (Å²) >= 11 is 9.15. The number of anilines is 1. The topological polar surface area (TPSA) is 29.1 Å². The zero-order valence-corrected chi connectivity index (χ0v) is 11.7. The van der Waals surface area contributed by atoms with Gasteiger partial charge in [0.15, 0.2) is 0 Å². The van der Waals surface area contributed by atoms with E-state index < -0.39 is 17.5 Å². The Morgan fingerprint density at radius 1 is 1.16 bits per heavy atom. The molecule has 0 aliphatic rings. The van der Waals surface area contributed by atoms with Gasteiger partial charge in [0.25, 0.3) is 5.91 Å². The molecule has 0 atom stereocenters. The first-order valence-corrected chi connectivity index (χ1v) is 6.36. The highest BCUT2D eigenvalue weighted by Gasteiger charge is 2.13. The van der Waals surface area contributed by atoms with Gasteiger partial charge in [-0.3, -0.25) is 4.79 Å². The van der Waals surface area contributed by atoms with Crippen LogP contribution in [-0.2, 0) is 0 Å². The van der Waals surface area contributed by atoms with E-state index in [9.17, 15) is 13.6 Å². The fourth-order valence-electron chi connectivity index (χ4n) is 1.50. The fraction of sp³-hybridized carbons (Fsp3) is 0. The van der Waals surface area contributed by atoms with Gasteiger partial charge in [-0.05, 0) is 40.2 Å². The summed E-state index contributed by atoms with van der Waals surface area (Å²) < 4.78 is 26.6. The molecule has 2 nitrogen and oxygen atoms in total. The van der Waals surface area contributed by atoms with Crippen LogP contribution in [0.15, 0.2) is 40.9 Å². The molecule has 0 heterocycles. The molecular formula is C13H7BrClF2NO. The Balaban J connectivity index is 2.28. The van der Waals surface area contributed by atoms with Gasteiger partial charge in [-0.25, -0.2) is 8.78 Å². The van der Waals surface area contributed by atoms with E-state index in [1.54, 1.807) is 12.1 Å². The van der Waals surface area contributed by atoms with Gasteiger partial charge in [0.2, 0.25) is 0 Å². The van der Waals surface area contributed by atoms with Crippen molar-refractivity contribution in [3.63, 3.8) is 0 Å². The summed E-state index contributed by atoms with van der Waals surface area (Å²) in [6.45, 7) is 0. The first kappa shape index (κ1) is 14.0. The van der Waals surface area contributed by atoms with E-state index in [-0.39, 0.29) is 16.3 Å². The third-order valence-corrected chi connectivity index (χ3v) is 3.61. The van der Waals surface area contributed by atoms with Gasteiger partial charge in [-0.15, -0.1) is 0 Å². The van der Waals surface area contributed by atoms with E-state index in [0.29, 0.717) is 4.47 Å². The monoisotopic (exact) mass is 345 g/mol. The van der Waals surface area contributed by atoms with Gasteiger partial charge < -0.3 is 5.32 Å². The van der Waals surface area contributed by atoms with Crippen molar-refractivity contribution in [3.05, 3.63) is 63.1 Å². The highest BCUT2D eigenvalue weighted by molar-refractivity contribution is 9.10. The van der Waals surface area contributed by atoms with Crippen molar-refractivity contribution >= 4 is 39.1 Å². The molecule has 2 aromatic carbocycles. The largest absolute Gasteiger partial charge is 0.322 e. The normalized spacial score (nSPS) is 10.3. The van der Waals surface area contributed by atoms with E-state index in [2.05, 4.69) is 21.2 Å². The van der Waals surface area contributed by atoms with Crippen LogP contribution in [0.2, 0.25) is 5.02 Å². The van der Waals surface area contributed by atoms with Crippen molar-refractivity contribution in [2.75, 3.05) is 5.32 Å². The van der Waals surface area contributed by atoms with Crippen LogP contribution in [0.1, 0.15) is 10.4 Å². The molecule has 0 unspecified atom stereocenters. The summed E-state index contributed by atoms with van der Waals surface area (Å²) in [5, 5.41) is 2.62. The van der Waals surface area contributed by atoms with Crippen molar-refractivity contribution in [2.45, 2.75) is 0 Å². The standard InChI is InChI=1S/C13H7BrClF2NO/c14-11-3-1-2-10(12(11)15)13(19)18-9-5-7(16)4-8(17)6-9/h1-6H,(H,18,19). The van der Waals surface area contributed by atoms with Crippen molar-refractivity contribution < 1.29 is 13.6 Å². The number of rotatable bonds is 2. The molecule has 0 aromatic heterocycles. The maximum Gasteiger partial charge on any atom is 0.257 e. The molecule has 0 saturated carbocycles. The number of carbonyl (C=O) groups excluding carboxylic acids is 1. The Labute approximate surface area is 121 Å². The molecule has 1 amide bonds. The number of hydrogen-bond acceptors (Lipinski definition) is 1. The average Bonchev–Trinajstić information content (AvgIpc) is 2.31. The van der Waals surface area contributed by atoms with Crippen molar-refractivity contribution in [1.82, 2.24) is 0 Å². The number of amides is 1. The summed E-state index contributed by atoms with van der Waals surface area (Å²) in [7, 11) is 0. The lowest BCUT2D eigenvalue weighted by atomic mass is 10.2. The highest BCUT2D eigenvalue weighted by Crippen LogP contribution is 2.26. The van der Waals surface area contributed by atoms with Crippen LogP contribution in [0.5, 0.6) is 0 Å². The lowest BCUT2D eigenvalue weighted by molar-refractivity contribution is 0.102. The predicted molar refractivity (Wildman–Crippen MR) is 73.5 cm³/mol. The number of benzene rings is 2. The lowest BCUT2D eigenvalue weighted by Gasteiger charge is -2.08. The molecule has 0 radical (unpaired) electrons. The third-order valence-electron chi connectivity index (χ3n) is 2.32. The number of halogens is 4. The summed E-state index contributed by atoms with van der Waals surface area (Å²) in [6.07, 6.45) is 0. The highest BCUT2D eigenvalue weighted by atomic mass is 79.9. The Hall–Kier alpha value is -1.46. The molecule has 0 fully saturated rings. The maximum atomic E-state index is 13.0. The molecule has 0 aliphatic heterocycles. The Morgan fingerprint density at radius 2 is 1.79 bits per heavy atom. The minimum Gasteiger partial charge on any atom is -0.322 e. The molecule has 2 rings (SSSR count). The van der Waals surface area contributed by atoms with Crippen LogP contribution < -0.4 is 5.32 Å². The molecule has 0 bridgehead atoms. The fourth-order valence-corrected chi connectivity index (χ4v) is 2.08. The number of nitrogens with one attached hydrogen (secondary N) is 1. The number of hydrogen-bond donors (Lipinski definition) is 1. The molecule has 6 heteroatoms. The van der Waals surface area contributed by atoms with Crippen LogP contribution in [-0.4, -0.2) is 5.91 Å². The first-order valence-electron chi connectivity index (χ1n) is 5.19. The second kappa shape index (κ2) is 5.67. The minimum atomic E-state index is -0.768. The molecule has 0 aliphatic carbocycles. The molecule has 1 N–H and O–H groups in total. The van der Waals surface area contributed by atoms with Crippen molar-refractivity contribution in [1.29, 1.82) is 0 Å². The van der Waals surface area contributed by atoms with E-state index in [1.165, 1.54) is 6.07 Å².